The number of nitrogens with zero attached hydrogens (tertiary/aromatic N) is 3. The Kier molecular flexibility index (Phi) is 4.74. The monoisotopic (exact) mass is 334 g/mol. The van der Waals surface area contributed by atoms with Gasteiger partial charge in [-0.3, -0.25) is 9.88 Å². The van der Waals surface area contributed by atoms with E-state index in [0.29, 0.717) is 0 Å². The van der Waals surface area contributed by atoms with Gasteiger partial charge in [0.15, 0.2) is 0 Å². The number of likely N-dealkylation sites (tertiary alicyclic amines) is 1. The van der Waals surface area contributed by atoms with Crippen molar-refractivity contribution in [2.75, 3.05) is 25.0 Å². The summed E-state index contributed by atoms with van der Waals surface area (Å²) in [5.74, 6) is 1.79. The molecule has 5 heteroatoms. The number of anilines is 1. The van der Waals surface area contributed by atoms with Gasteiger partial charge < -0.3 is 9.73 Å². The standard InChI is InChI=1S/C20H22N4O/c1-2-7-16(8-3-1)17-13-21-15-20(23-17)22-14-18(19-9-6-12-25-19)24-10-4-5-11-24/h1-3,6-9,12-13,15,18H,4-5,10-11,14H2,(H,22,23). The van der Waals surface area contributed by atoms with E-state index in [4.69, 9.17) is 9.40 Å². The molecule has 128 valence electrons. The maximum absolute atomic E-state index is 5.67. The molecule has 1 unspecified atom stereocenters. The summed E-state index contributed by atoms with van der Waals surface area (Å²) in [5.41, 5.74) is 1.95. The van der Waals surface area contributed by atoms with Crippen LogP contribution in [0.5, 0.6) is 0 Å². The van der Waals surface area contributed by atoms with Crippen LogP contribution in [-0.4, -0.2) is 34.5 Å². The molecule has 0 radical (unpaired) electrons. The lowest BCUT2D eigenvalue weighted by atomic mass is 10.2. The Labute approximate surface area is 147 Å². The molecule has 1 N–H and O–H groups in total. The molecule has 3 heterocycles. The Morgan fingerprint density at radius 1 is 1.04 bits per heavy atom. The number of benzene rings is 1. The molecule has 1 fully saturated rings. The maximum Gasteiger partial charge on any atom is 0.145 e. The maximum atomic E-state index is 5.67. The largest absolute Gasteiger partial charge is 0.468 e. The fourth-order valence-corrected chi connectivity index (χ4v) is 3.34. The fourth-order valence-electron chi connectivity index (χ4n) is 3.34. The van der Waals surface area contributed by atoms with Crippen LogP contribution in [0.2, 0.25) is 0 Å². The van der Waals surface area contributed by atoms with Gasteiger partial charge in [0.25, 0.3) is 0 Å². The van der Waals surface area contributed by atoms with Crippen LogP contribution in [0.3, 0.4) is 0 Å². The van der Waals surface area contributed by atoms with E-state index in [9.17, 15) is 0 Å². The van der Waals surface area contributed by atoms with Crippen molar-refractivity contribution in [3.8, 4) is 11.3 Å². The normalized spacial score (nSPS) is 16.0. The minimum atomic E-state index is 0.222. The lowest BCUT2D eigenvalue weighted by Gasteiger charge is -2.26. The minimum Gasteiger partial charge on any atom is -0.468 e. The molecule has 1 aliphatic heterocycles. The highest BCUT2D eigenvalue weighted by Crippen LogP contribution is 2.26. The van der Waals surface area contributed by atoms with Crippen molar-refractivity contribution in [2.24, 2.45) is 0 Å². The van der Waals surface area contributed by atoms with E-state index < -0.39 is 0 Å². The fraction of sp³-hybridized carbons (Fsp3) is 0.300. The zero-order valence-electron chi connectivity index (χ0n) is 14.1. The number of hydrogen-bond acceptors (Lipinski definition) is 5. The summed E-state index contributed by atoms with van der Waals surface area (Å²) in [6, 6.07) is 14.3. The van der Waals surface area contributed by atoms with Gasteiger partial charge in [0.2, 0.25) is 0 Å². The summed E-state index contributed by atoms with van der Waals surface area (Å²) >= 11 is 0. The summed E-state index contributed by atoms with van der Waals surface area (Å²) in [6.45, 7) is 2.98. The molecule has 2 aromatic heterocycles. The van der Waals surface area contributed by atoms with Crippen LogP contribution in [0.1, 0.15) is 24.6 Å². The first-order valence-corrected chi connectivity index (χ1v) is 8.79. The molecular formula is C20H22N4O. The molecular weight excluding hydrogens is 312 g/mol. The van der Waals surface area contributed by atoms with Crippen molar-refractivity contribution in [1.82, 2.24) is 14.9 Å². The van der Waals surface area contributed by atoms with E-state index in [2.05, 4.69) is 21.3 Å². The Hall–Kier alpha value is -2.66. The van der Waals surface area contributed by atoms with Crippen molar-refractivity contribution >= 4 is 5.82 Å². The van der Waals surface area contributed by atoms with Crippen molar-refractivity contribution in [2.45, 2.75) is 18.9 Å². The lowest BCUT2D eigenvalue weighted by Crippen LogP contribution is -2.30. The summed E-state index contributed by atoms with van der Waals surface area (Å²) in [6.07, 6.45) is 7.82. The summed E-state index contributed by atoms with van der Waals surface area (Å²) in [5, 5.41) is 3.44. The van der Waals surface area contributed by atoms with Crippen LogP contribution >= 0.6 is 0 Å². The van der Waals surface area contributed by atoms with E-state index >= 15 is 0 Å². The highest BCUT2D eigenvalue weighted by molar-refractivity contribution is 5.59. The SMILES string of the molecule is c1ccc(-c2cncc(NCC(c3ccco3)N3CCCC3)n2)cc1. The molecule has 0 bridgehead atoms. The van der Waals surface area contributed by atoms with Gasteiger partial charge in [-0.05, 0) is 38.1 Å². The predicted molar refractivity (Wildman–Crippen MR) is 98.2 cm³/mol. The van der Waals surface area contributed by atoms with Gasteiger partial charge in [0.05, 0.1) is 30.4 Å². The molecule has 1 saturated heterocycles. The quantitative estimate of drug-likeness (QED) is 0.739. The number of rotatable bonds is 6. The van der Waals surface area contributed by atoms with Gasteiger partial charge in [0.1, 0.15) is 11.6 Å². The van der Waals surface area contributed by atoms with Gasteiger partial charge >= 0.3 is 0 Å². The zero-order chi connectivity index (χ0) is 16.9. The molecule has 0 saturated carbocycles. The topological polar surface area (TPSA) is 54.2 Å². The summed E-state index contributed by atoms with van der Waals surface area (Å²) in [4.78, 5) is 11.5. The highest BCUT2D eigenvalue weighted by Gasteiger charge is 2.25. The first kappa shape index (κ1) is 15.8. The van der Waals surface area contributed by atoms with Crippen molar-refractivity contribution in [3.63, 3.8) is 0 Å². The van der Waals surface area contributed by atoms with Gasteiger partial charge in [0, 0.05) is 12.1 Å². The highest BCUT2D eigenvalue weighted by atomic mass is 16.3. The number of furan rings is 1. The Morgan fingerprint density at radius 3 is 2.64 bits per heavy atom. The van der Waals surface area contributed by atoms with E-state index in [1.807, 2.05) is 36.4 Å². The molecule has 5 nitrogen and oxygen atoms in total. The number of hydrogen-bond donors (Lipinski definition) is 1. The molecule has 0 amide bonds. The van der Waals surface area contributed by atoms with E-state index in [1.54, 1.807) is 18.7 Å². The Balaban J connectivity index is 1.49. The molecule has 3 aromatic rings. The number of aromatic nitrogens is 2. The molecule has 0 aliphatic carbocycles. The number of nitrogens with one attached hydrogen (secondary N) is 1. The molecule has 25 heavy (non-hydrogen) atoms. The molecule has 1 aromatic carbocycles. The van der Waals surface area contributed by atoms with Crippen LogP contribution in [-0.2, 0) is 0 Å². The van der Waals surface area contributed by atoms with E-state index in [-0.39, 0.29) is 6.04 Å². The van der Waals surface area contributed by atoms with Crippen LogP contribution in [0, 0.1) is 0 Å². The van der Waals surface area contributed by atoms with E-state index in [1.165, 1.54) is 12.8 Å². The molecule has 4 rings (SSSR count). The first-order chi connectivity index (χ1) is 12.4. The van der Waals surface area contributed by atoms with Crippen LogP contribution in [0.4, 0.5) is 5.82 Å². The Bertz CT molecular complexity index is 782. The Morgan fingerprint density at radius 2 is 1.88 bits per heavy atom. The third-order valence-corrected chi connectivity index (χ3v) is 4.63. The lowest BCUT2D eigenvalue weighted by molar-refractivity contribution is 0.225. The van der Waals surface area contributed by atoms with E-state index in [0.717, 1.165) is 42.5 Å². The summed E-state index contributed by atoms with van der Waals surface area (Å²) in [7, 11) is 0. The second-order valence-electron chi connectivity index (χ2n) is 6.31. The van der Waals surface area contributed by atoms with Crippen molar-refractivity contribution < 1.29 is 4.42 Å². The second-order valence-corrected chi connectivity index (χ2v) is 6.31. The zero-order valence-corrected chi connectivity index (χ0v) is 14.1. The minimum absolute atomic E-state index is 0.222. The predicted octanol–water partition coefficient (Wildman–Crippen LogP) is 3.99. The second kappa shape index (κ2) is 7.49. The van der Waals surface area contributed by atoms with Crippen molar-refractivity contribution in [1.29, 1.82) is 0 Å². The van der Waals surface area contributed by atoms with Crippen LogP contribution in [0.25, 0.3) is 11.3 Å². The van der Waals surface area contributed by atoms with Gasteiger partial charge in [-0.15, -0.1) is 0 Å². The van der Waals surface area contributed by atoms with Crippen molar-refractivity contribution in [3.05, 3.63) is 66.9 Å². The van der Waals surface area contributed by atoms with Gasteiger partial charge in [-0.1, -0.05) is 30.3 Å². The summed E-state index contributed by atoms with van der Waals surface area (Å²) < 4.78 is 5.67. The molecule has 1 atom stereocenters. The first-order valence-electron chi connectivity index (χ1n) is 8.79. The third-order valence-electron chi connectivity index (χ3n) is 4.63. The third kappa shape index (κ3) is 3.72. The van der Waals surface area contributed by atoms with Gasteiger partial charge in [-0.25, -0.2) is 4.98 Å². The smallest absolute Gasteiger partial charge is 0.145 e. The van der Waals surface area contributed by atoms with Crippen LogP contribution in [0.15, 0.2) is 65.5 Å². The average molecular weight is 334 g/mol. The van der Waals surface area contributed by atoms with Crippen LogP contribution < -0.4 is 5.32 Å². The average Bonchev–Trinajstić information content (AvgIpc) is 3.38. The molecule has 1 aliphatic rings. The van der Waals surface area contributed by atoms with Gasteiger partial charge in [-0.2, -0.15) is 0 Å². The molecule has 0 spiro atoms.